The van der Waals surface area contributed by atoms with Crippen molar-refractivity contribution in [3.05, 3.63) is 36.0 Å². The van der Waals surface area contributed by atoms with Crippen LogP contribution < -0.4 is 114 Å². The molecule has 18 atom stereocenters. The predicted octanol–water partition coefficient (Wildman–Crippen LogP) is -0.617. The van der Waals surface area contributed by atoms with Crippen molar-refractivity contribution in [2.45, 2.75) is 332 Å². The molecule has 1 heterocycles. The number of nitrogens with one attached hydrogen (secondary N) is 16. The molecule has 40 heteroatoms. The molecule has 0 aliphatic rings. The van der Waals surface area contributed by atoms with Crippen molar-refractivity contribution >= 4 is 111 Å². The predicted molar refractivity (Wildman–Crippen MR) is 494 cm³/mol. The van der Waals surface area contributed by atoms with Crippen LogP contribution in [0, 0.1) is 53.3 Å². The van der Waals surface area contributed by atoms with E-state index < -0.39 is 221 Å². The van der Waals surface area contributed by atoms with Crippen LogP contribution in [0.3, 0.4) is 0 Å². The zero-order valence-corrected chi connectivity index (χ0v) is 79.6. The summed E-state index contributed by atoms with van der Waals surface area (Å²) in [6.07, 6.45) is 1.74. The van der Waals surface area contributed by atoms with E-state index in [1.54, 1.807) is 114 Å². The highest BCUT2D eigenvalue weighted by Gasteiger charge is 2.41. The number of aliphatic imine (C=N–C) groups is 1. The highest BCUT2D eigenvalue weighted by atomic mass is 16.3. The zero-order chi connectivity index (χ0) is 98.0. The summed E-state index contributed by atoms with van der Waals surface area (Å²) in [5, 5.41) is 52.8. The number of hydrogen-bond acceptors (Lipinski definition) is 21. The molecule has 16 amide bonds. The van der Waals surface area contributed by atoms with Crippen molar-refractivity contribution in [1.29, 1.82) is 0 Å². The number of carbonyl (C=O) groups is 16. The number of nitrogens with zero attached hydrogens (tertiary/aromatic N) is 1. The number of aliphatic hydroxyl groups excluding tert-OH is 1. The van der Waals surface area contributed by atoms with Crippen molar-refractivity contribution in [3.63, 3.8) is 0 Å². The van der Waals surface area contributed by atoms with Gasteiger partial charge in [-0.25, -0.2) is 0 Å². The number of amides is 16. The van der Waals surface area contributed by atoms with E-state index in [2.05, 4.69) is 89.7 Å². The van der Waals surface area contributed by atoms with Crippen LogP contribution >= 0.6 is 0 Å². The van der Waals surface area contributed by atoms with Crippen LogP contribution in [0.2, 0.25) is 0 Å². The highest BCUT2D eigenvalue weighted by Crippen LogP contribution is 2.23. The van der Waals surface area contributed by atoms with Gasteiger partial charge in [0.25, 0.3) is 0 Å². The largest absolute Gasteiger partial charge is 0.391 e. The van der Waals surface area contributed by atoms with E-state index in [4.69, 9.17) is 34.4 Å². The number of fused-ring (bicyclic) bond motifs is 1. The molecule has 0 aliphatic heterocycles. The summed E-state index contributed by atoms with van der Waals surface area (Å²) in [7, 11) is 0. The van der Waals surface area contributed by atoms with Gasteiger partial charge in [-0.3, -0.25) is 81.7 Å². The molecule has 29 N–H and O–H groups in total. The van der Waals surface area contributed by atoms with Crippen LogP contribution in [0.15, 0.2) is 35.5 Å². The normalized spacial score (nSPS) is 15.8. The number of primary amides is 1. The number of aliphatic hydroxyl groups is 1. The molecule has 1 aromatic carbocycles. The summed E-state index contributed by atoms with van der Waals surface area (Å²) < 4.78 is 0. The number of para-hydroxylation sites is 1. The fraction of sp³-hybridized carbons (Fsp3) is 0.719. The Morgan fingerprint density at radius 2 is 0.690 bits per heavy atom. The van der Waals surface area contributed by atoms with Gasteiger partial charge in [-0.15, -0.1) is 0 Å². The first-order valence-electron chi connectivity index (χ1n) is 45.7. The lowest BCUT2D eigenvalue weighted by Crippen LogP contribution is -2.63. The second-order valence-corrected chi connectivity index (χ2v) is 36.7. The molecule has 0 unspecified atom stereocenters. The molecular formula is C89H157N23O17. The van der Waals surface area contributed by atoms with Crippen molar-refractivity contribution in [2.75, 3.05) is 26.2 Å². The Hall–Kier alpha value is -10.6. The fourth-order valence-electron chi connectivity index (χ4n) is 14.2. The number of carbonyl (C=O) groups excluding carboxylic acids is 16. The van der Waals surface area contributed by atoms with Gasteiger partial charge in [0, 0.05) is 30.1 Å². The lowest BCUT2D eigenvalue weighted by Gasteiger charge is -2.31. The van der Waals surface area contributed by atoms with Gasteiger partial charge < -0.3 is 124 Å². The second-order valence-electron chi connectivity index (χ2n) is 36.7. The maximum absolute atomic E-state index is 15.3. The molecule has 0 saturated heterocycles. The summed E-state index contributed by atoms with van der Waals surface area (Å²) in [5.74, 6) is -16.5. The third-order valence-electron chi connectivity index (χ3n) is 22.1. The lowest BCUT2D eigenvalue weighted by atomic mass is 9.95. The topological polar surface area (TPSA) is 658 Å². The van der Waals surface area contributed by atoms with Gasteiger partial charge in [-0.1, -0.05) is 156 Å². The first-order valence-corrected chi connectivity index (χ1v) is 45.7. The van der Waals surface area contributed by atoms with Crippen molar-refractivity contribution in [1.82, 2.24) is 84.7 Å². The number of unbranched alkanes of at least 4 members (excludes halogenated alkanes) is 2. The molecule has 2 aromatic rings. The van der Waals surface area contributed by atoms with Crippen LogP contribution in [0.25, 0.3) is 10.9 Å². The quantitative estimate of drug-likeness (QED) is 0.0223. The van der Waals surface area contributed by atoms with Crippen molar-refractivity contribution < 1.29 is 81.8 Å². The molecule has 730 valence electrons. The molecule has 0 bridgehead atoms. The molecular weight excluding hydrogens is 1660 g/mol. The van der Waals surface area contributed by atoms with E-state index in [0.29, 0.717) is 48.6 Å². The standard InChI is InChI=1S/C89H157N23O17/c1-21-52(17)71(107-67(114)44-98-75(116)54(19)92)86(127)104-62(38-45(3)4)79(120)100-59(32-25-27-35-90)76(117)99-61(34-29-37-96-89(94)95)77(118)102-66(42-56-43-97-58-31-24-23-30-57(56)58)80(121)101-60(33-26-28-36-91)78(119)112-73(55(20)113)88(129)106-64(40-47(7)8)82(123)109-69(50(13)14)84(125)103-65(41-48(9)10)83(124)111-72(53(18)22-2)87(128)105-63(39-46(5)6)81(122)110-70(51(15)16)85(126)108-68(49(11)12)74(93)115/h23-24,30-31,43,45-55,59-66,68-73,97,113H,21-22,25-29,32-42,44,90-92H2,1-20H3,(H2,93,115)(H,98,116)(H,99,117)(H,100,120)(H,101,121)(H,102,118)(H,103,125)(H,104,127)(H,105,128)(H,106,129)(H,107,114)(H,108,126)(H,109,123)(H,110,122)(H,111,124)(H,112,119)(H4,94,95,96)/t52-,53-,54-,55+,59-,60-,61-,62-,63-,64-,65-,66-,68-,69-,70-,71-,72-,73-/m0/s1. The Morgan fingerprint density at radius 1 is 0.372 bits per heavy atom. The lowest BCUT2D eigenvalue weighted by molar-refractivity contribution is -0.138. The van der Waals surface area contributed by atoms with Gasteiger partial charge in [0.05, 0.1) is 18.7 Å². The minimum absolute atomic E-state index is 0.0118. The third-order valence-corrected chi connectivity index (χ3v) is 22.1. The van der Waals surface area contributed by atoms with Crippen LogP contribution in [0.1, 0.15) is 234 Å². The smallest absolute Gasteiger partial charge is 0.245 e. The Kier molecular flexibility index (Phi) is 51.6. The Morgan fingerprint density at radius 3 is 1.06 bits per heavy atom. The van der Waals surface area contributed by atoms with Gasteiger partial charge in [-0.2, -0.15) is 0 Å². The third kappa shape index (κ3) is 40.9. The Labute approximate surface area is 760 Å². The number of benzene rings is 1. The number of aromatic nitrogens is 1. The average Bonchev–Trinajstić information content (AvgIpc) is 1.79. The number of hydrogen-bond donors (Lipinski definition) is 23. The second kappa shape index (κ2) is 58.1. The maximum atomic E-state index is 15.3. The molecule has 0 saturated carbocycles. The number of guanidine groups is 1. The van der Waals surface area contributed by atoms with Crippen LogP contribution in [-0.2, 0) is 83.1 Å². The average molecular weight is 1820 g/mol. The minimum atomic E-state index is -1.82. The van der Waals surface area contributed by atoms with Crippen molar-refractivity contribution in [2.24, 2.45) is 92.7 Å². The number of rotatable bonds is 61. The van der Waals surface area contributed by atoms with Crippen molar-refractivity contribution in [3.8, 4) is 0 Å². The van der Waals surface area contributed by atoms with Crippen LogP contribution in [-0.4, -0.2) is 233 Å². The SMILES string of the molecule is CC[C@H](C)[C@H](NC(=O)CNC(=O)[C@H](C)N)C(=O)N[C@@H](CC(C)C)C(=O)N[C@@H](CCCCN)C(=O)N[C@@H](CCCN=C(N)N)C(=O)N[C@@H](Cc1c[nH]c2ccccc12)C(=O)N[C@@H](CCCCN)C(=O)N[C@H](C(=O)N[C@@H](CC(C)C)C(=O)N[C@H](C(=O)N[C@@H](CC(C)C)C(=O)N[C@H](C(=O)N[C@@H](CC(C)C)C(=O)N[C@H](C(=O)N[C@H](C(N)=O)C(C)C)C(C)C)[C@@H](C)CC)C(C)C)[C@@H](C)O. The zero-order valence-electron chi connectivity index (χ0n) is 79.6. The molecule has 0 aliphatic carbocycles. The van der Waals surface area contributed by atoms with E-state index in [0.717, 1.165) is 0 Å². The van der Waals surface area contributed by atoms with Gasteiger partial charge in [0.15, 0.2) is 5.96 Å². The van der Waals surface area contributed by atoms with E-state index in [1.807, 2.05) is 41.5 Å². The van der Waals surface area contributed by atoms with Gasteiger partial charge >= 0.3 is 0 Å². The fourth-order valence-corrected chi connectivity index (χ4v) is 14.2. The summed E-state index contributed by atoms with van der Waals surface area (Å²) in [4.78, 5) is 235. The molecule has 40 nitrogen and oxygen atoms in total. The minimum Gasteiger partial charge on any atom is -0.391 e. The van der Waals surface area contributed by atoms with E-state index >= 15 is 9.59 Å². The Balaban J connectivity index is 2.67. The first-order chi connectivity index (χ1) is 60.4. The maximum Gasteiger partial charge on any atom is 0.245 e. The summed E-state index contributed by atoms with van der Waals surface area (Å²) in [6, 6.07) is -12.7. The summed E-state index contributed by atoms with van der Waals surface area (Å²) >= 11 is 0. The van der Waals surface area contributed by atoms with E-state index in [1.165, 1.54) is 13.8 Å². The number of H-pyrrole nitrogens is 1. The molecule has 0 spiro atoms. The Bertz CT molecular complexity index is 4000. The van der Waals surface area contributed by atoms with Crippen LogP contribution in [0.4, 0.5) is 0 Å². The summed E-state index contributed by atoms with van der Waals surface area (Å²) in [5.41, 5.74) is 35.7. The monoisotopic (exact) mass is 1820 g/mol. The molecule has 2 rings (SSSR count). The van der Waals surface area contributed by atoms with E-state index in [9.17, 15) is 72.2 Å². The molecule has 1 aromatic heterocycles. The van der Waals surface area contributed by atoms with Crippen LogP contribution in [0.5, 0.6) is 0 Å². The number of aromatic amines is 1. The van der Waals surface area contributed by atoms with Gasteiger partial charge in [-0.05, 0) is 169 Å². The van der Waals surface area contributed by atoms with E-state index in [-0.39, 0.29) is 119 Å². The highest BCUT2D eigenvalue weighted by molar-refractivity contribution is 6.01. The molecule has 129 heavy (non-hydrogen) atoms. The number of nitrogens with two attached hydrogens (primary N) is 6. The first kappa shape index (κ1) is 114. The van der Waals surface area contributed by atoms with Gasteiger partial charge in [0.1, 0.15) is 84.6 Å². The summed E-state index contributed by atoms with van der Waals surface area (Å²) in [6.45, 7) is 34.1. The van der Waals surface area contributed by atoms with Gasteiger partial charge in [0.2, 0.25) is 94.5 Å². The molecule has 0 fully saturated rings. The molecule has 0 radical (unpaired) electrons.